The Labute approximate surface area is 98.9 Å². The Hall–Kier alpha value is -1.88. The summed E-state index contributed by atoms with van der Waals surface area (Å²) in [4.78, 5) is 10.8. The van der Waals surface area contributed by atoms with Gasteiger partial charge in [-0.3, -0.25) is 0 Å². The number of anilines is 2. The lowest BCUT2D eigenvalue weighted by molar-refractivity contribution is 0.198. The van der Waals surface area contributed by atoms with Crippen LogP contribution in [0.1, 0.15) is 6.42 Å². The number of aromatic nitrogens is 2. The Morgan fingerprint density at radius 1 is 1.24 bits per heavy atom. The molecule has 0 radical (unpaired) electrons. The van der Waals surface area contributed by atoms with E-state index in [0.717, 1.165) is 24.0 Å². The third-order valence-corrected chi connectivity index (χ3v) is 3.04. The summed E-state index contributed by atoms with van der Waals surface area (Å²) in [6.07, 6.45) is 0.469. The molecule has 0 saturated carbocycles. The van der Waals surface area contributed by atoms with Crippen LogP contribution < -0.4 is 10.6 Å². The van der Waals surface area contributed by atoms with Crippen molar-refractivity contribution < 1.29 is 5.11 Å². The summed E-state index contributed by atoms with van der Waals surface area (Å²) < 4.78 is 0. The molecule has 1 aromatic heterocycles. The van der Waals surface area contributed by atoms with Gasteiger partial charge in [-0.2, -0.15) is 0 Å². The SMILES string of the molecule is Nc1nc2ccccc2nc1N1CC[C@H](O)C1. The van der Waals surface area contributed by atoms with Gasteiger partial charge in [0.05, 0.1) is 17.1 Å². The number of hydrogen-bond donors (Lipinski definition) is 2. The van der Waals surface area contributed by atoms with E-state index in [1.54, 1.807) is 0 Å². The molecule has 0 spiro atoms. The maximum absolute atomic E-state index is 9.53. The minimum Gasteiger partial charge on any atom is -0.391 e. The molecule has 3 rings (SSSR count). The van der Waals surface area contributed by atoms with Crippen LogP contribution in [0.4, 0.5) is 11.6 Å². The van der Waals surface area contributed by atoms with E-state index in [9.17, 15) is 5.11 Å². The minimum atomic E-state index is -0.289. The number of aliphatic hydroxyl groups is 1. The van der Waals surface area contributed by atoms with Gasteiger partial charge in [-0.25, -0.2) is 9.97 Å². The minimum absolute atomic E-state index is 0.289. The van der Waals surface area contributed by atoms with Gasteiger partial charge in [0, 0.05) is 13.1 Å². The van der Waals surface area contributed by atoms with Crippen LogP contribution in [-0.2, 0) is 0 Å². The van der Waals surface area contributed by atoms with Gasteiger partial charge in [0.25, 0.3) is 0 Å². The van der Waals surface area contributed by atoms with Crippen molar-refractivity contribution in [3.63, 3.8) is 0 Å². The number of aliphatic hydroxyl groups excluding tert-OH is 1. The maximum atomic E-state index is 9.53. The quantitative estimate of drug-likeness (QED) is 0.757. The summed E-state index contributed by atoms with van der Waals surface area (Å²) in [7, 11) is 0. The monoisotopic (exact) mass is 230 g/mol. The van der Waals surface area contributed by atoms with E-state index < -0.39 is 0 Å². The second-order valence-electron chi connectivity index (χ2n) is 4.31. The summed E-state index contributed by atoms with van der Waals surface area (Å²) >= 11 is 0. The second-order valence-corrected chi connectivity index (χ2v) is 4.31. The zero-order valence-corrected chi connectivity index (χ0v) is 9.37. The smallest absolute Gasteiger partial charge is 0.172 e. The third-order valence-electron chi connectivity index (χ3n) is 3.04. The molecule has 1 aliphatic heterocycles. The van der Waals surface area contributed by atoms with Crippen molar-refractivity contribution in [3.8, 4) is 0 Å². The van der Waals surface area contributed by atoms with Crippen molar-refractivity contribution >= 4 is 22.7 Å². The van der Waals surface area contributed by atoms with Gasteiger partial charge < -0.3 is 15.7 Å². The lowest BCUT2D eigenvalue weighted by Crippen LogP contribution is -2.23. The summed E-state index contributed by atoms with van der Waals surface area (Å²) in [5.41, 5.74) is 7.55. The van der Waals surface area contributed by atoms with Crippen molar-refractivity contribution in [3.05, 3.63) is 24.3 Å². The van der Waals surface area contributed by atoms with E-state index in [1.165, 1.54) is 0 Å². The highest BCUT2D eigenvalue weighted by Gasteiger charge is 2.23. The highest BCUT2D eigenvalue weighted by Crippen LogP contribution is 2.25. The van der Waals surface area contributed by atoms with Crippen LogP contribution in [0, 0.1) is 0 Å². The molecule has 0 bridgehead atoms. The van der Waals surface area contributed by atoms with Gasteiger partial charge in [-0.05, 0) is 18.6 Å². The normalized spacial score (nSPS) is 20.1. The number of rotatable bonds is 1. The van der Waals surface area contributed by atoms with Gasteiger partial charge in [0.2, 0.25) is 0 Å². The molecule has 88 valence electrons. The number of para-hydroxylation sites is 2. The Bertz CT molecular complexity index is 557. The third kappa shape index (κ3) is 1.78. The number of nitrogens with two attached hydrogens (primary N) is 1. The first-order valence-electron chi connectivity index (χ1n) is 5.69. The zero-order chi connectivity index (χ0) is 11.8. The summed E-state index contributed by atoms with van der Waals surface area (Å²) in [6, 6.07) is 7.64. The largest absolute Gasteiger partial charge is 0.391 e. The Balaban J connectivity index is 2.07. The van der Waals surface area contributed by atoms with Gasteiger partial charge in [-0.15, -0.1) is 0 Å². The molecular weight excluding hydrogens is 216 g/mol. The van der Waals surface area contributed by atoms with Crippen LogP contribution in [0.3, 0.4) is 0 Å². The number of nitrogen functional groups attached to an aromatic ring is 1. The molecule has 2 heterocycles. The zero-order valence-electron chi connectivity index (χ0n) is 9.37. The van der Waals surface area contributed by atoms with Crippen molar-refractivity contribution in [2.24, 2.45) is 0 Å². The molecule has 5 nitrogen and oxygen atoms in total. The fourth-order valence-electron chi connectivity index (χ4n) is 2.17. The fraction of sp³-hybridized carbons (Fsp3) is 0.333. The maximum Gasteiger partial charge on any atom is 0.172 e. The number of fused-ring (bicyclic) bond motifs is 1. The first kappa shape index (κ1) is 10.3. The average molecular weight is 230 g/mol. The molecule has 1 aromatic carbocycles. The molecule has 17 heavy (non-hydrogen) atoms. The number of nitrogens with zero attached hydrogens (tertiary/aromatic N) is 3. The Morgan fingerprint density at radius 2 is 1.94 bits per heavy atom. The molecule has 0 unspecified atom stereocenters. The van der Waals surface area contributed by atoms with Crippen LogP contribution in [-0.4, -0.2) is 34.3 Å². The molecule has 0 aliphatic carbocycles. The lowest BCUT2D eigenvalue weighted by atomic mass is 10.3. The molecule has 1 atom stereocenters. The predicted octanol–water partition coefficient (Wildman–Crippen LogP) is 0.783. The van der Waals surface area contributed by atoms with Crippen LogP contribution in [0.2, 0.25) is 0 Å². The van der Waals surface area contributed by atoms with Gasteiger partial charge in [0.15, 0.2) is 11.6 Å². The highest BCUT2D eigenvalue weighted by molar-refractivity contribution is 5.79. The van der Waals surface area contributed by atoms with Crippen LogP contribution in [0.25, 0.3) is 11.0 Å². The second kappa shape index (κ2) is 3.85. The summed E-state index contributed by atoms with van der Waals surface area (Å²) in [6.45, 7) is 1.36. The lowest BCUT2D eigenvalue weighted by Gasteiger charge is -2.18. The van der Waals surface area contributed by atoms with Crippen LogP contribution >= 0.6 is 0 Å². The van der Waals surface area contributed by atoms with Gasteiger partial charge >= 0.3 is 0 Å². The fourth-order valence-corrected chi connectivity index (χ4v) is 2.17. The van der Waals surface area contributed by atoms with Crippen molar-refractivity contribution in [2.45, 2.75) is 12.5 Å². The number of hydrogen-bond acceptors (Lipinski definition) is 5. The Kier molecular flexibility index (Phi) is 2.33. The average Bonchev–Trinajstić information content (AvgIpc) is 2.75. The topological polar surface area (TPSA) is 75.3 Å². The molecule has 5 heteroatoms. The van der Waals surface area contributed by atoms with E-state index >= 15 is 0 Å². The predicted molar refractivity (Wildman–Crippen MR) is 66.8 cm³/mol. The van der Waals surface area contributed by atoms with E-state index in [2.05, 4.69) is 9.97 Å². The first-order chi connectivity index (χ1) is 8.24. The molecule has 2 aromatic rings. The van der Waals surface area contributed by atoms with E-state index in [-0.39, 0.29) is 6.10 Å². The molecule has 1 saturated heterocycles. The Morgan fingerprint density at radius 3 is 2.59 bits per heavy atom. The van der Waals surface area contributed by atoms with E-state index in [4.69, 9.17) is 5.73 Å². The summed E-state index contributed by atoms with van der Waals surface area (Å²) in [5, 5.41) is 9.53. The standard InChI is InChI=1S/C12H14N4O/c13-11-12(16-6-5-8(17)7-16)15-10-4-2-1-3-9(10)14-11/h1-4,8,17H,5-7H2,(H2,13,14)/t8-/m0/s1. The van der Waals surface area contributed by atoms with Crippen molar-refractivity contribution in [1.29, 1.82) is 0 Å². The van der Waals surface area contributed by atoms with Gasteiger partial charge in [-0.1, -0.05) is 12.1 Å². The van der Waals surface area contributed by atoms with E-state index in [1.807, 2.05) is 29.2 Å². The molecule has 1 aliphatic rings. The van der Waals surface area contributed by atoms with Crippen LogP contribution in [0.5, 0.6) is 0 Å². The molecule has 3 N–H and O–H groups in total. The molecule has 0 amide bonds. The van der Waals surface area contributed by atoms with Crippen LogP contribution in [0.15, 0.2) is 24.3 Å². The summed E-state index contributed by atoms with van der Waals surface area (Å²) in [5.74, 6) is 1.11. The molecule has 1 fully saturated rings. The molecular formula is C12H14N4O. The van der Waals surface area contributed by atoms with Crippen molar-refractivity contribution in [2.75, 3.05) is 23.7 Å². The first-order valence-corrected chi connectivity index (χ1v) is 5.69. The van der Waals surface area contributed by atoms with Crippen molar-refractivity contribution in [1.82, 2.24) is 9.97 Å². The highest BCUT2D eigenvalue weighted by atomic mass is 16.3. The van der Waals surface area contributed by atoms with E-state index in [0.29, 0.717) is 18.2 Å². The number of β-amino-alcohol motifs (C(OH)–C–C–N with tert-alkyl or cyclic N) is 1. The van der Waals surface area contributed by atoms with Gasteiger partial charge in [0.1, 0.15) is 0 Å². The number of benzene rings is 1.